The minimum Gasteiger partial charge on any atom is -0.495 e. The molecule has 0 unspecified atom stereocenters. The highest BCUT2D eigenvalue weighted by molar-refractivity contribution is 6.30. The van der Waals surface area contributed by atoms with Gasteiger partial charge in [-0.1, -0.05) is 11.6 Å². The van der Waals surface area contributed by atoms with E-state index in [-0.39, 0.29) is 5.91 Å². The summed E-state index contributed by atoms with van der Waals surface area (Å²) in [5, 5.41) is 13.0. The molecular weight excluding hydrogens is 302 g/mol. The fourth-order valence-corrected chi connectivity index (χ4v) is 2.73. The van der Waals surface area contributed by atoms with E-state index < -0.39 is 5.54 Å². The molecule has 118 valence electrons. The van der Waals surface area contributed by atoms with Crippen LogP contribution in [0.4, 0.5) is 5.69 Å². The zero-order chi connectivity index (χ0) is 16.2. The molecule has 6 heteroatoms. The summed E-state index contributed by atoms with van der Waals surface area (Å²) in [6.07, 6.45) is 2.85. The van der Waals surface area contributed by atoms with Crippen molar-refractivity contribution in [3.05, 3.63) is 23.2 Å². The van der Waals surface area contributed by atoms with E-state index in [1.165, 1.54) is 0 Å². The highest BCUT2D eigenvalue weighted by Crippen LogP contribution is 2.36. The number of methoxy groups -OCH3 is 1. The van der Waals surface area contributed by atoms with Crippen LogP contribution in [0.15, 0.2) is 18.2 Å². The molecule has 1 aliphatic rings. The molecule has 1 amide bonds. The molecule has 1 aliphatic carbocycles. The third kappa shape index (κ3) is 3.28. The van der Waals surface area contributed by atoms with Gasteiger partial charge in [0.25, 0.3) is 0 Å². The Morgan fingerprint density at radius 2 is 2.27 bits per heavy atom. The van der Waals surface area contributed by atoms with E-state index >= 15 is 0 Å². The standard InChI is InChI=1S/C16H20ClN3O2/c1-20(16(11-18)7-3-8-16)15(21)6-9-19-13-10-12(17)4-5-14(13)22-2/h4-5,10,19H,3,6-9H2,1-2H3. The van der Waals surface area contributed by atoms with Crippen LogP contribution in [0.1, 0.15) is 25.7 Å². The van der Waals surface area contributed by atoms with Crippen LogP contribution in [-0.2, 0) is 4.79 Å². The summed E-state index contributed by atoms with van der Waals surface area (Å²) in [5.41, 5.74) is 0.161. The second-order valence-electron chi connectivity index (χ2n) is 5.47. The molecule has 0 saturated heterocycles. The first-order valence-corrected chi connectivity index (χ1v) is 7.65. The summed E-state index contributed by atoms with van der Waals surface area (Å²) < 4.78 is 5.24. The molecule has 1 fully saturated rings. The fourth-order valence-electron chi connectivity index (χ4n) is 2.56. The highest BCUT2D eigenvalue weighted by Gasteiger charge is 2.43. The van der Waals surface area contributed by atoms with E-state index in [1.807, 2.05) is 0 Å². The van der Waals surface area contributed by atoms with E-state index in [1.54, 1.807) is 37.3 Å². The third-order valence-electron chi connectivity index (χ3n) is 4.22. The van der Waals surface area contributed by atoms with Gasteiger partial charge in [-0.3, -0.25) is 4.79 Å². The van der Waals surface area contributed by atoms with Crippen molar-refractivity contribution in [3.8, 4) is 11.8 Å². The zero-order valence-electron chi connectivity index (χ0n) is 12.9. The number of nitrogens with one attached hydrogen (secondary N) is 1. The maximum atomic E-state index is 12.2. The SMILES string of the molecule is COc1ccc(Cl)cc1NCCC(=O)N(C)C1(C#N)CCC1. The molecule has 22 heavy (non-hydrogen) atoms. The van der Waals surface area contributed by atoms with Gasteiger partial charge in [0.05, 0.1) is 18.9 Å². The predicted molar refractivity (Wildman–Crippen MR) is 86.1 cm³/mol. The fraction of sp³-hybridized carbons (Fsp3) is 0.500. The van der Waals surface area contributed by atoms with E-state index in [9.17, 15) is 10.1 Å². The smallest absolute Gasteiger partial charge is 0.225 e. The number of nitriles is 1. The van der Waals surface area contributed by atoms with Gasteiger partial charge in [0.1, 0.15) is 11.3 Å². The van der Waals surface area contributed by atoms with Crippen molar-refractivity contribution >= 4 is 23.2 Å². The second-order valence-corrected chi connectivity index (χ2v) is 5.91. The number of ether oxygens (including phenoxy) is 1. The molecule has 0 atom stereocenters. The lowest BCUT2D eigenvalue weighted by Gasteiger charge is -2.43. The quantitative estimate of drug-likeness (QED) is 0.874. The summed E-state index contributed by atoms with van der Waals surface area (Å²) in [7, 11) is 3.30. The Morgan fingerprint density at radius 1 is 1.55 bits per heavy atom. The maximum absolute atomic E-state index is 12.2. The number of hydrogen-bond donors (Lipinski definition) is 1. The van der Waals surface area contributed by atoms with Crippen molar-refractivity contribution in [2.75, 3.05) is 26.0 Å². The van der Waals surface area contributed by atoms with Gasteiger partial charge in [0, 0.05) is 25.0 Å². The van der Waals surface area contributed by atoms with Crippen LogP contribution in [-0.4, -0.2) is 37.0 Å². The molecule has 0 bridgehead atoms. The molecular formula is C16H20ClN3O2. The summed E-state index contributed by atoms with van der Waals surface area (Å²) in [6, 6.07) is 7.56. The first-order valence-electron chi connectivity index (χ1n) is 7.28. The Labute approximate surface area is 135 Å². The molecule has 1 aromatic rings. The lowest BCUT2D eigenvalue weighted by atomic mass is 9.76. The van der Waals surface area contributed by atoms with Crippen LogP contribution in [0.2, 0.25) is 5.02 Å². The number of halogens is 1. The topological polar surface area (TPSA) is 65.4 Å². The van der Waals surface area contributed by atoms with Crippen LogP contribution < -0.4 is 10.1 Å². The lowest BCUT2D eigenvalue weighted by molar-refractivity contribution is -0.136. The van der Waals surface area contributed by atoms with Crippen molar-refractivity contribution in [3.63, 3.8) is 0 Å². The monoisotopic (exact) mass is 321 g/mol. The van der Waals surface area contributed by atoms with Gasteiger partial charge in [-0.25, -0.2) is 0 Å². The molecule has 0 heterocycles. The zero-order valence-corrected chi connectivity index (χ0v) is 13.6. The molecule has 0 spiro atoms. The average molecular weight is 322 g/mol. The molecule has 2 rings (SSSR count). The van der Waals surface area contributed by atoms with Gasteiger partial charge in [-0.05, 0) is 37.5 Å². The van der Waals surface area contributed by atoms with E-state index in [4.69, 9.17) is 16.3 Å². The van der Waals surface area contributed by atoms with Gasteiger partial charge in [-0.2, -0.15) is 5.26 Å². The number of amides is 1. The molecule has 1 N–H and O–H groups in total. The number of carbonyl (C=O) groups excluding carboxylic acids is 1. The number of nitrogens with zero attached hydrogens (tertiary/aromatic N) is 2. The van der Waals surface area contributed by atoms with Gasteiger partial charge < -0.3 is 15.0 Å². The lowest BCUT2D eigenvalue weighted by Crippen LogP contribution is -2.53. The molecule has 0 radical (unpaired) electrons. The molecule has 1 saturated carbocycles. The van der Waals surface area contributed by atoms with Crippen molar-refractivity contribution < 1.29 is 9.53 Å². The second kappa shape index (κ2) is 6.89. The first kappa shape index (κ1) is 16.4. The summed E-state index contributed by atoms with van der Waals surface area (Å²) in [5.74, 6) is 0.646. The number of anilines is 1. The Morgan fingerprint density at radius 3 is 2.82 bits per heavy atom. The summed E-state index contributed by atoms with van der Waals surface area (Å²) >= 11 is 5.96. The Bertz CT molecular complexity index is 594. The van der Waals surface area contributed by atoms with Gasteiger partial charge >= 0.3 is 0 Å². The largest absolute Gasteiger partial charge is 0.495 e. The van der Waals surface area contributed by atoms with E-state index in [0.29, 0.717) is 23.7 Å². The van der Waals surface area contributed by atoms with E-state index in [2.05, 4.69) is 11.4 Å². The minimum absolute atomic E-state index is 0.0326. The van der Waals surface area contributed by atoms with Crippen LogP contribution in [0.5, 0.6) is 5.75 Å². The van der Waals surface area contributed by atoms with Gasteiger partial charge in [0.2, 0.25) is 5.91 Å². The summed E-state index contributed by atoms with van der Waals surface area (Å²) in [6.45, 7) is 0.460. The Balaban J connectivity index is 1.90. The number of carbonyl (C=O) groups is 1. The van der Waals surface area contributed by atoms with Crippen LogP contribution in [0, 0.1) is 11.3 Å². The van der Waals surface area contributed by atoms with Crippen molar-refractivity contribution in [1.82, 2.24) is 4.90 Å². The molecule has 0 aromatic heterocycles. The third-order valence-corrected chi connectivity index (χ3v) is 4.46. The van der Waals surface area contributed by atoms with E-state index in [0.717, 1.165) is 24.9 Å². The van der Waals surface area contributed by atoms with Gasteiger partial charge in [0.15, 0.2) is 0 Å². The summed E-state index contributed by atoms with van der Waals surface area (Å²) in [4.78, 5) is 13.8. The predicted octanol–water partition coefficient (Wildman–Crippen LogP) is 3.06. The number of benzene rings is 1. The van der Waals surface area contributed by atoms with Crippen LogP contribution in [0.25, 0.3) is 0 Å². The Hall–Kier alpha value is -1.93. The first-order chi connectivity index (χ1) is 10.5. The number of rotatable bonds is 6. The van der Waals surface area contributed by atoms with Crippen molar-refractivity contribution in [1.29, 1.82) is 5.26 Å². The molecule has 1 aromatic carbocycles. The van der Waals surface area contributed by atoms with Crippen molar-refractivity contribution in [2.45, 2.75) is 31.2 Å². The highest BCUT2D eigenvalue weighted by atomic mass is 35.5. The van der Waals surface area contributed by atoms with Gasteiger partial charge in [-0.15, -0.1) is 0 Å². The normalized spacial score (nSPS) is 15.4. The number of hydrogen-bond acceptors (Lipinski definition) is 4. The molecule has 5 nitrogen and oxygen atoms in total. The maximum Gasteiger partial charge on any atom is 0.225 e. The Kier molecular flexibility index (Phi) is 5.15. The minimum atomic E-state index is -0.592. The molecule has 0 aliphatic heterocycles. The van der Waals surface area contributed by atoms with Crippen LogP contribution in [0.3, 0.4) is 0 Å². The van der Waals surface area contributed by atoms with Crippen LogP contribution >= 0.6 is 11.6 Å². The average Bonchev–Trinajstić information content (AvgIpc) is 2.46. The van der Waals surface area contributed by atoms with Crippen molar-refractivity contribution in [2.24, 2.45) is 0 Å².